The quantitative estimate of drug-likeness (QED) is 0.709. The van der Waals surface area contributed by atoms with Gasteiger partial charge >= 0.3 is 0 Å². The zero-order chi connectivity index (χ0) is 15.8. The molecule has 0 amide bonds. The van der Waals surface area contributed by atoms with Crippen LogP contribution in [-0.4, -0.2) is 27.9 Å². The lowest BCUT2D eigenvalue weighted by Gasteiger charge is -2.25. The zero-order valence-electron chi connectivity index (χ0n) is 13.5. The second-order valence-corrected chi connectivity index (χ2v) is 6.85. The first-order chi connectivity index (χ1) is 11.2. The summed E-state index contributed by atoms with van der Waals surface area (Å²) in [5, 5.41) is 3.50. The van der Waals surface area contributed by atoms with Crippen molar-refractivity contribution in [2.24, 2.45) is 0 Å². The number of likely N-dealkylation sites (N-methyl/N-ethyl adjacent to an activating group) is 1. The molecule has 0 atom stereocenters. The third-order valence-corrected chi connectivity index (χ3v) is 5.25. The highest BCUT2D eigenvalue weighted by atomic mass is 79.9. The SMILES string of the molecule is CN1CCc2ccc(NCc3nc4ccccn4c3Br)cc2C1.Cl. The van der Waals surface area contributed by atoms with Gasteiger partial charge in [0.1, 0.15) is 10.3 Å². The summed E-state index contributed by atoms with van der Waals surface area (Å²) < 4.78 is 3.07. The summed E-state index contributed by atoms with van der Waals surface area (Å²) in [6.45, 7) is 2.88. The molecule has 1 aliphatic heterocycles. The van der Waals surface area contributed by atoms with Crippen molar-refractivity contribution >= 4 is 39.7 Å². The average molecular weight is 408 g/mol. The number of anilines is 1. The van der Waals surface area contributed by atoms with Gasteiger partial charge in [-0.05, 0) is 64.8 Å². The third-order valence-electron chi connectivity index (χ3n) is 4.41. The number of nitrogens with one attached hydrogen (secondary N) is 1. The van der Waals surface area contributed by atoms with Crippen molar-refractivity contribution in [3.63, 3.8) is 0 Å². The monoisotopic (exact) mass is 406 g/mol. The Labute approximate surface area is 156 Å². The van der Waals surface area contributed by atoms with Crippen LogP contribution in [0.25, 0.3) is 5.65 Å². The lowest BCUT2D eigenvalue weighted by molar-refractivity contribution is 0.313. The lowest BCUT2D eigenvalue weighted by Crippen LogP contribution is -2.26. The molecule has 6 heteroatoms. The Balaban J connectivity index is 0.00000169. The molecule has 4 rings (SSSR count). The van der Waals surface area contributed by atoms with Gasteiger partial charge in [-0.2, -0.15) is 0 Å². The van der Waals surface area contributed by atoms with E-state index in [1.165, 1.54) is 11.1 Å². The molecule has 0 aliphatic carbocycles. The fraction of sp³-hybridized carbons (Fsp3) is 0.278. The number of rotatable bonds is 3. The Morgan fingerprint density at radius 1 is 1.21 bits per heavy atom. The molecule has 1 aliphatic rings. The van der Waals surface area contributed by atoms with Crippen LogP contribution in [0.3, 0.4) is 0 Å². The summed E-state index contributed by atoms with van der Waals surface area (Å²) >= 11 is 3.65. The second-order valence-electron chi connectivity index (χ2n) is 6.10. The molecular weight excluding hydrogens is 388 g/mol. The van der Waals surface area contributed by atoms with Gasteiger partial charge in [-0.25, -0.2) is 4.98 Å². The summed E-state index contributed by atoms with van der Waals surface area (Å²) in [7, 11) is 2.18. The van der Waals surface area contributed by atoms with Crippen molar-refractivity contribution in [3.8, 4) is 0 Å². The highest BCUT2D eigenvalue weighted by Gasteiger charge is 2.14. The number of hydrogen-bond acceptors (Lipinski definition) is 3. The van der Waals surface area contributed by atoms with Crippen molar-refractivity contribution < 1.29 is 0 Å². The molecule has 24 heavy (non-hydrogen) atoms. The summed E-state index contributed by atoms with van der Waals surface area (Å²) in [5.41, 5.74) is 6.04. The fourth-order valence-electron chi connectivity index (χ4n) is 3.12. The van der Waals surface area contributed by atoms with E-state index in [-0.39, 0.29) is 12.4 Å². The molecular formula is C18H20BrClN4. The van der Waals surface area contributed by atoms with Crippen LogP contribution in [-0.2, 0) is 19.5 Å². The third kappa shape index (κ3) is 3.29. The van der Waals surface area contributed by atoms with E-state index in [1.54, 1.807) is 0 Å². The Hall–Kier alpha value is -1.56. The number of imidazole rings is 1. The summed E-state index contributed by atoms with van der Waals surface area (Å²) in [4.78, 5) is 7.04. The molecule has 1 N–H and O–H groups in total. The van der Waals surface area contributed by atoms with Gasteiger partial charge in [-0.1, -0.05) is 12.1 Å². The molecule has 3 heterocycles. The molecule has 0 saturated heterocycles. The largest absolute Gasteiger partial charge is 0.379 e. The van der Waals surface area contributed by atoms with Crippen LogP contribution in [0.5, 0.6) is 0 Å². The lowest BCUT2D eigenvalue weighted by atomic mass is 9.99. The maximum Gasteiger partial charge on any atom is 0.137 e. The molecule has 3 aromatic rings. The summed E-state index contributed by atoms with van der Waals surface area (Å²) in [6.07, 6.45) is 3.16. The number of nitrogens with zero attached hydrogens (tertiary/aromatic N) is 3. The van der Waals surface area contributed by atoms with E-state index < -0.39 is 0 Å². The Bertz CT molecular complexity index is 861. The smallest absolute Gasteiger partial charge is 0.137 e. The second kappa shape index (κ2) is 7.13. The molecule has 0 saturated carbocycles. The fourth-order valence-corrected chi connectivity index (χ4v) is 3.65. The number of aromatic nitrogens is 2. The Morgan fingerprint density at radius 3 is 2.92 bits per heavy atom. The maximum atomic E-state index is 4.67. The molecule has 0 bridgehead atoms. The van der Waals surface area contributed by atoms with E-state index in [9.17, 15) is 0 Å². The zero-order valence-corrected chi connectivity index (χ0v) is 15.9. The molecule has 4 nitrogen and oxygen atoms in total. The van der Waals surface area contributed by atoms with Crippen LogP contribution in [0, 0.1) is 0 Å². The van der Waals surface area contributed by atoms with Crippen LogP contribution in [0.1, 0.15) is 16.8 Å². The highest BCUT2D eigenvalue weighted by molar-refractivity contribution is 9.10. The van der Waals surface area contributed by atoms with Crippen molar-refractivity contribution in [3.05, 3.63) is 64.0 Å². The van der Waals surface area contributed by atoms with Gasteiger partial charge in [0.05, 0.1) is 12.2 Å². The summed E-state index contributed by atoms with van der Waals surface area (Å²) in [5.74, 6) is 0. The minimum absolute atomic E-state index is 0. The van der Waals surface area contributed by atoms with Crippen LogP contribution < -0.4 is 5.32 Å². The van der Waals surface area contributed by atoms with Crippen LogP contribution >= 0.6 is 28.3 Å². The first-order valence-corrected chi connectivity index (χ1v) is 8.66. The van der Waals surface area contributed by atoms with E-state index in [0.717, 1.165) is 41.1 Å². The van der Waals surface area contributed by atoms with Gasteiger partial charge in [0.15, 0.2) is 0 Å². The molecule has 0 spiro atoms. The van der Waals surface area contributed by atoms with Gasteiger partial charge in [0.25, 0.3) is 0 Å². The Kier molecular flexibility index (Phi) is 5.13. The van der Waals surface area contributed by atoms with Gasteiger partial charge < -0.3 is 10.2 Å². The van der Waals surface area contributed by atoms with E-state index >= 15 is 0 Å². The van der Waals surface area contributed by atoms with Gasteiger partial charge in [0.2, 0.25) is 0 Å². The number of benzene rings is 1. The molecule has 0 unspecified atom stereocenters. The average Bonchev–Trinajstić information content (AvgIpc) is 2.89. The minimum Gasteiger partial charge on any atom is -0.379 e. The standard InChI is InChI=1S/C18H19BrN4.ClH/c1-22-9-7-13-5-6-15(10-14(13)12-22)20-11-16-18(19)23-8-3-2-4-17(23)21-16;/h2-6,8,10,20H,7,9,11-12H2,1H3;1H. The van der Waals surface area contributed by atoms with E-state index in [0.29, 0.717) is 6.54 Å². The van der Waals surface area contributed by atoms with Gasteiger partial charge in [0, 0.05) is 25.0 Å². The van der Waals surface area contributed by atoms with Gasteiger partial charge in [-0.15, -0.1) is 12.4 Å². The molecule has 2 aromatic heterocycles. The van der Waals surface area contributed by atoms with E-state index in [4.69, 9.17) is 0 Å². The predicted molar refractivity (Wildman–Crippen MR) is 104 cm³/mol. The normalized spacial score (nSPS) is 14.2. The van der Waals surface area contributed by atoms with Crippen molar-refractivity contribution in [1.82, 2.24) is 14.3 Å². The highest BCUT2D eigenvalue weighted by Crippen LogP contribution is 2.24. The molecule has 1 aromatic carbocycles. The van der Waals surface area contributed by atoms with E-state index in [1.807, 2.05) is 24.4 Å². The minimum atomic E-state index is 0. The Morgan fingerprint density at radius 2 is 2.08 bits per heavy atom. The summed E-state index contributed by atoms with van der Waals surface area (Å²) in [6, 6.07) is 12.7. The topological polar surface area (TPSA) is 32.6 Å². The molecule has 126 valence electrons. The van der Waals surface area contributed by atoms with Crippen LogP contribution in [0.4, 0.5) is 5.69 Å². The van der Waals surface area contributed by atoms with Gasteiger partial charge in [-0.3, -0.25) is 4.40 Å². The first-order valence-electron chi connectivity index (χ1n) is 7.86. The van der Waals surface area contributed by atoms with Crippen LogP contribution in [0.2, 0.25) is 0 Å². The number of halogens is 2. The first kappa shape index (κ1) is 17.3. The van der Waals surface area contributed by atoms with Crippen molar-refractivity contribution in [2.45, 2.75) is 19.5 Å². The van der Waals surface area contributed by atoms with E-state index in [2.05, 4.69) is 60.8 Å². The number of hydrogen-bond donors (Lipinski definition) is 1. The number of fused-ring (bicyclic) bond motifs is 2. The van der Waals surface area contributed by atoms with Crippen LogP contribution in [0.15, 0.2) is 47.2 Å². The van der Waals surface area contributed by atoms with Crippen molar-refractivity contribution in [1.29, 1.82) is 0 Å². The molecule has 0 fully saturated rings. The van der Waals surface area contributed by atoms with Crippen molar-refractivity contribution in [2.75, 3.05) is 18.9 Å². The maximum absolute atomic E-state index is 4.67. The molecule has 0 radical (unpaired) electrons. The number of pyridine rings is 1. The predicted octanol–water partition coefficient (Wildman–Crippen LogP) is 4.12.